The van der Waals surface area contributed by atoms with E-state index in [9.17, 15) is 24.9 Å². The van der Waals surface area contributed by atoms with Crippen molar-refractivity contribution in [1.29, 1.82) is 0 Å². The van der Waals surface area contributed by atoms with Crippen molar-refractivity contribution >= 4 is 11.9 Å². The van der Waals surface area contributed by atoms with Crippen molar-refractivity contribution < 1.29 is 34.4 Å². The normalized spacial score (nSPS) is 43.6. The molecule has 0 spiro atoms. The molecule has 7 heteroatoms. The van der Waals surface area contributed by atoms with Gasteiger partial charge in [0.25, 0.3) is 0 Å². The third-order valence-electron chi connectivity index (χ3n) is 12.4. The topological polar surface area (TPSA) is 113 Å². The number of ether oxygens (including phenoxy) is 2. The monoisotopic (exact) mass is 588 g/mol. The van der Waals surface area contributed by atoms with Gasteiger partial charge in [-0.25, -0.2) is 4.79 Å². The minimum absolute atomic E-state index is 0.0474. The molecule has 1 saturated heterocycles. The van der Waals surface area contributed by atoms with Crippen LogP contribution < -0.4 is 0 Å². The molecular formula is C35H56O7. The number of esters is 1. The summed E-state index contributed by atoms with van der Waals surface area (Å²) in [5.74, 6) is -0.909. The molecule has 238 valence electrons. The van der Waals surface area contributed by atoms with E-state index in [-0.39, 0.29) is 40.1 Å². The van der Waals surface area contributed by atoms with Gasteiger partial charge in [-0.05, 0) is 124 Å². The number of carbonyl (C=O) groups excluding carboxylic acids is 1. The van der Waals surface area contributed by atoms with Crippen LogP contribution in [-0.2, 0) is 19.1 Å². The highest BCUT2D eigenvalue weighted by Crippen LogP contribution is 2.74. The van der Waals surface area contributed by atoms with Crippen LogP contribution in [0.15, 0.2) is 22.8 Å². The van der Waals surface area contributed by atoms with Crippen LogP contribution >= 0.6 is 0 Å². The zero-order valence-electron chi connectivity index (χ0n) is 27.1. The second kappa shape index (κ2) is 12.7. The lowest BCUT2D eigenvalue weighted by Crippen LogP contribution is -2.65. The first kappa shape index (κ1) is 33.2. The maximum Gasteiger partial charge on any atom is 0.331 e. The second-order valence-electron chi connectivity index (χ2n) is 15.0. The Bertz CT molecular complexity index is 1060. The number of carboxylic acid groups (broad SMARTS) is 1. The highest BCUT2D eigenvalue weighted by Gasteiger charge is 2.70. The lowest BCUT2D eigenvalue weighted by molar-refractivity contribution is -0.234. The minimum Gasteiger partial charge on any atom is -0.478 e. The van der Waals surface area contributed by atoms with Gasteiger partial charge in [0.1, 0.15) is 6.10 Å². The third kappa shape index (κ3) is 5.87. The maximum absolute atomic E-state index is 12.6. The number of fused-ring (bicyclic) bond motifs is 5. The Morgan fingerprint density at radius 1 is 1.00 bits per heavy atom. The molecule has 0 radical (unpaired) electrons. The van der Waals surface area contributed by atoms with E-state index in [1.807, 2.05) is 19.9 Å². The number of aliphatic hydroxyl groups excluding tert-OH is 2. The van der Waals surface area contributed by atoms with Crippen LogP contribution in [0.4, 0.5) is 0 Å². The summed E-state index contributed by atoms with van der Waals surface area (Å²) in [7, 11) is 0. The van der Waals surface area contributed by atoms with E-state index in [1.54, 1.807) is 0 Å². The molecule has 1 heterocycles. The summed E-state index contributed by atoms with van der Waals surface area (Å²) < 4.78 is 10.8. The van der Waals surface area contributed by atoms with Crippen LogP contribution in [0.1, 0.15) is 113 Å². The predicted octanol–water partition coefficient (Wildman–Crippen LogP) is 6.46. The van der Waals surface area contributed by atoms with E-state index in [2.05, 4.69) is 27.7 Å². The SMILES string of the molecule is C1CCOC1.CC(=O)O[C@H]1C[C@@]2(C)[C@@H](C[C@@H](O)[C@H]3[C@@]4(C)CC[C@@H](O)[C@@H](C)[C@@H]4CC[C@@]32C)/C1=C(\CCC=C(C)C)C(=O)O. The molecule has 10 atom stereocenters. The first-order chi connectivity index (χ1) is 19.7. The molecule has 0 aromatic heterocycles. The first-order valence-electron chi connectivity index (χ1n) is 16.4. The van der Waals surface area contributed by atoms with E-state index in [4.69, 9.17) is 9.47 Å². The van der Waals surface area contributed by atoms with Crippen molar-refractivity contribution in [2.75, 3.05) is 13.2 Å². The van der Waals surface area contributed by atoms with Crippen molar-refractivity contribution in [3.63, 3.8) is 0 Å². The molecular weight excluding hydrogens is 532 g/mol. The highest BCUT2D eigenvalue weighted by atomic mass is 16.5. The van der Waals surface area contributed by atoms with Crippen LogP contribution in [0.2, 0.25) is 0 Å². The summed E-state index contributed by atoms with van der Waals surface area (Å²) in [5.41, 5.74) is 1.57. The third-order valence-corrected chi connectivity index (χ3v) is 12.4. The molecule has 0 unspecified atom stereocenters. The zero-order valence-corrected chi connectivity index (χ0v) is 27.1. The van der Waals surface area contributed by atoms with Gasteiger partial charge < -0.3 is 24.8 Å². The van der Waals surface area contributed by atoms with Crippen LogP contribution in [0.5, 0.6) is 0 Å². The Labute approximate surface area is 253 Å². The number of aliphatic hydroxyl groups is 2. The van der Waals surface area contributed by atoms with E-state index in [1.165, 1.54) is 19.8 Å². The Morgan fingerprint density at radius 3 is 2.21 bits per heavy atom. The van der Waals surface area contributed by atoms with Crippen LogP contribution in [0, 0.1) is 39.9 Å². The summed E-state index contributed by atoms with van der Waals surface area (Å²) in [4.78, 5) is 24.8. The van der Waals surface area contributed by atoms with Gasteiger partial charge in [-0.3, -0.25) is 4.79 Å². The van der Waals surface area contributed by atoms with Crippen molar-refractivity contribution in [3.8, 4) is 0 Å². The Balaban J connectivity index is 0.000000732. The number of carboxylic acids is 1. The standard InChI is InChI=1S/C31H48O6.C4H8O/c1-17(2)9-8-10-20(28(35)36)26-22-15-24(34)27-29(5)13-12-23(33)18(3)21(29)11-14-30(27,6)31(22,7)16-25(26)37-19(4)32;1-2-4-5-3-1/h9,18,21-25,27,33-34H,8,10-16H2,1-7H3,(H,35,36);1-4H2/b26-20-;/t18-,21-,22-,23+,24+,25-,27-,29-,30-,31-;/m0./s1. The van der Waals surface area contributed by atoms with E-state index in [0.717, 1.165) is 50.0 Å². The quantitative estimate of drug-likeness (QED) is 0.192. The molecule has 0 amide bonds. The highest BCUT2D eigenvalue weighted by molar-refractivity contribution is 5.88. The lowest BCUT2D eigenvalue weighted by atomic mass is 9.36. The van der Waals surface area contributed by atoms with Gasteiger partial charge in [-0.2, -0.15) is 0 Å². The van der Waals surface area contributed by atoms with Gasteiger partial charge in [0.05, 0.1) is 12.2 Å². The van der Waals surface area contributed by atoms with Crippen molar-refractivity contribution in [2.24, 2.45) is 39.9 Å². The van der Waals surface area contributed by atoms with Gasteiger partial charge in [0, 0.05) is 25.7 Å². The Hall–Kier alpha value is -1.70. The molecule has 1 aliphatic heterocycles. The van der Waals surface area contributed by atoms with Crippen LogP contribution in [-0.4, -0.2) is 58.8 Å². The fourth-order valence-electron chi connectivity index (χ4n) is 10.3. The van der Waals surface area contributed by atoms with Crippen LogP contribution in [0.25, 0.3) is 0 Å². The number of allylic oxidation sites excluding steroid dienone is 2. The predicted molar refractivity (Wildman–Crippen MR) is 163 cm³/mol. The average Bonchev–Trinajstić information content (AvgIpc) is 3.56. The summed E-state index contributed by atoms with van der Waals surface area (Å²) in [6.07, 6.45) is 8.78. The molecule has 5 fully saturated rings. The van der Waals surface area contributed by atoms with Gasteiger partial charge in [0.15, 0.2) is 0 Å². The first-order valence-corrected chi connectivity index (χ1v) is 16.4. The summed E-state index contributed by atoms with van der Waals surface area (Å²) in [6, 6.07) is 0. The fourth-order valence-corrected chi connectivity index (χ4v) is 10.3. The largest absolute Gasteiger partial charge is 0.478 e. The smallest absolute Gasteiger partial charge is 0.331 e. The number of aliphatic carboxylic acids is 1. The van der Waals surface area contributed by atoms with E-state index in [0.29, 0.717) is 37.2 Å². The van der Waals surface area contributed by atoms with Gasteiger partial charge in [-0.1, -0.05) is 39.3 Å². The fraction of sp³-hybridized carbons (Fsp3) is 0.829. The van der Waals surface area contributed by atoms with Crippen molar-refractivity contribution in [3.05, 3.63) is 22.8 Å². The number of hydrogen-bond acceptors (Lipinski definition) is 6. The van der Waals surface area contributed by atoms with Crippen LogP contribution in [0.3, 0.4) is 0 Å². The van der Waals surface area contributed by atoms with Crippen molar-refractivity contribution in [1.82, 2.24) is 0 Å². The summed E-state index contributed by atoms with van der Waals surface area (Å²) in [5, 5.41) is 32.9. The lowest BCUT2D eigenvalue weighted by Gasteiger charge is -2.69. The number of carbonyl (C=O) groups is 2. The van der Waals surface area contributed by atoms with E-state index < -0.39 is 24.1 Å². The molecule has 4 aliphatic carbocycles. The maximum atomic E-state index is 12.6. The average molecular weight is 589 g/mol. The molecule has 0 aromatic rings. The summed E-state index contributed by atoms with van der Waals surface area (Å²) in [6.45, 7) is 16.5. The second-order valence-corrected chi connectivity index (χ2v) is 15.0. The molecule has 7 nitrogen and oxygen atoms in total. The molecule has 5 rings (SSSR count). The van der Waals surface area contributed by atoms with Gasteiger partial charge in [0.2, 0.25) is 0 Å². The van der Waals surface area contributed by atoms with Crippen molar-refractivity contribution in [2.45, 2.75) is 131 Å². The Kier molecular flexibility index (Phi) is 10.1. The summed E-state index contributed by atoms with van der Waals surface area (Å²) >= 11 is 0. The number of hydrogen-bond donors (Lipinski definition) is 3. The minimum atomic E-state index is -0.953. The van der Waals surface area contributed by atoms with Gasteiger partial charge in [-0.15, -0.1) is 0 Å². The molecule has 4 saturated carbocycles. The molecule has 5 aliphatic rings. The molecule has 3 N–H and O–H groups in total. The Morgan fingerprint density at radius 2 is 1.67 bits per heavy atom. The molecule has 42 heavy (non-hydrogen) atoms. The van der Waals surface area contributed by atoms with E-state index >= 15 is 0 Å². The molecule has 0 bridgehead atoms. The number of rotatable bonds is 5. The van der Waals surface area contributed by atoms with Gasteiger partial charge >= 0.3 is 11.9 Å². The zero-order chi connectivity index (χ0) is 31.0. The molecule has 0 aromatic carbocycles.